The van der Waals surface area contributed by atoms with Gasteiger partial charge in [0.1, 0.15) is 0 Å². The van der Waals surface area contributed by atoms with Crippen LogP contribution in [0.25, 0.3) is 21.5 Å². The first kappa shape index (κ1) is 24.2. The molecule has 0 atom stereocenters. The molecule has 0 aliphatic rings. The molecule has 0 fully saturated rings. The zero-order valence-corrected chi connectivity index (χ0v) is 20.4. The Morgan fingerprint density at radius 3 is 2.56 bits per heavy atom. The standard InChI is InChI=1S/C23H23ClN4O2S.ClH/c1-15-10-11-17(24)21-20(15)25-23(31-21)28(13-7-12-27(2)3)22(29)18-14-19(30-26-18)16-8-5-4-6-9-16;/h4-6,8-11,14H,7,12-13H2,1-3H3;1H. The average Bonchev–Trinajstić information content (AvgIpc) is 3.42. The second-order valence-electron chi connectivity index (χ2n) is 7.59. The number of fused-ring (bicyclic) bond motifs is 1. The van der Waals surface area contributed by atoms with Gasteiger partial charge < -0.3 is 9.42 Å². The Balaban J connectivity index is 0.00000289. The van der Waals surface area contributed by atoms with Gasteiger partial charge in [-0.25, -0.2) is 4.98 Å². The molecule has 0 radical (unpaired) electrons. The summed E-state index contributed by atoms with van der Waals surface area (Å²) in [5, 5.41) is 5.29. The van der Waals surface area contributed by atoms with Crippen LogP contribution >= 0.6 is 35.3 Å². The zero-order chi connectivity index (χ0) is 22.0. The summed E-state index contributed by atoms with van der Waals surface area (Å²) < 4.78 is 6.34. The molecule has 0 N–H and O–H groups in total. The van der Waals surface area contributed by atoms with E-state index in [1.807, 2.05) is 63.5 Å². The highest BCUT2D eigenvalue weighted by atomic mass is 35.5. The lowest BCUT2D eigenvalue weighted by molar-refractivity contribution is 0.0977. The molecule has 6 nitrogen and oxygen atoms in total. The molecule has 0 aliphatic heterocycles. The van der Waals surface area contributed by atoms with Crippen LogP contribution in [0.4, 0.5) is 5.13 Å². The fraction of sp³-hybridized carbons (Fsp3) is 0.261. The quantitative estimate of drug-likeness (QED) is 0.321. The van der Waals surface area contributed by atoms with Crippen molar-refractivity contribution in [2.75, 3.05) is 32.1 Å². The first-order chi connectivity index (χ1) is 14.9. The number of aryl methyl sites for hydroxylation is 1. The predicted molar refractivity (Wildman–Crippen MR) is 133 cm³/mol. The first-order valence-electron chi connectivity index (χ1n) is 9.98. The SMILES string of the molecule is Cc1ccc(Cl)c2sc(N(CCCN(C)C)C(=O)c3cc(-c4ccccc4)on3)nc12.Cl. The Hall–Kier alpha value is -2.45. The highest BCUT2D eigenvalue weighted by Gasteiger charge is 2.25. The molecule has 4 rings (SSSR count). The van der Waals surface area contributed by atoms with Crippen LogP contribution in [0.3, 0.4) is 0 Å². The molecular formula is C23H24Cl2N4O2S. The number of amides is 1. The number of benzene rings is 2. The van der Waals surface area contributed by atoms with Gasteiger partial charge in [0.15, 0.2) is 16.6 Å². The third kappa shape index (κ3) is 5.13. The molecule has 0 bridgehead atoms. The van der Waals surface area contributed by atoms with Gasteiger partial charge in [0.05, 0.1) is 15.2 Å². The molecule has 0 saturated heterocycles. The maximum atomic E-state index is 13.4. The Morgan fingerprint density at radius 2 is 1.88 bits per heavy atom. The molecule has 0 aliphatic carbocycles. The van der Waals surface area contributed by atoms with Crippen LogP contribution in [0.2, 0.25) is 5.02 Å². The van der Waals surface area contributed by atoms with Crippen LogP contribution in [0, 0.1) is 6.92 Å². The third-order valence-electron chi connectivity index (χ3n) is 4.94. The highest BCUT2D eigenvalue weighted by molar-refractivity contribution is 7.23. The fourth-order valence-corrected chi connectivity index (χ4v) is 4.63. The number of hydrogen-bond acceptors (Lipinski definition) is 6. The van der Waals surface area contributed by atoms with Crippen molar-refractivity contribution >= 4 is 56.6 Å². The number of halogens is 2. The topological polar surface area (TPSA) is 62.5 Å². The minimum Gasteiger partial charge on any atom is -0.355 e. The number of hydrogen-bond donors (Lipinski definition) is 0. The van der Waals surface area contributed by atoms with Crippen molar-refractivity contribution in [1.82, 2.24) is 15.0 Å². The van der Waals surface area contributed by atoms with Crippen molar-refractivity contribution in [3.05, 3.63) is 64.8 Å². The van der Waals surface area contributed by atoms with Crippen LogP contribution in [0.1, 0.15) is 22.5 Å². The van der Waals surface area contributed by atoms with E-state index in [0.717, 1.165) is 34.3 Å². The van der Waals surface area contributed by atoms with Crippen molar-refractivity contribution in [1.29, 1.82) is 0 Å². The molecule has 1 amide bonds. The lowest BCUT2D eigenvalue weighted by Gasteiger charge is -2.19. The summed E-state index contributed by atoms with van der Waals surface area (Å²) in [7, 11) is 4.02. The maximum Gasteiger partial charge on any atom is 0.282 e. The van der Waals surface area contributed by atoms with Gasteiger partial charge in [0.2, 0.25) is 0 Å². The summed E-state index contributed by atoms with van der Waals surface area (Å²) in [6.07, 6.45) is 0.796. The van der Waals surface area contributed by atoms with E-state index in [1.54, 1.807) is 11.0 Å². The van der Waals surface area contributed by atoms with E-state index >= 15 is 0 Å². The van der Waals surface area contributed by atoms with Crippen LogP contribution in [-0.4, -0.2) is 48.1 Å². The number of rotatable bonds is 7. The summed E-state index contributed by atoms with van der Waals surface area (Å²) in [5.41, 5.74) is 2.97. The first-order valence-corrected chi connectivity index (χ1v) is 11.2. The lowest BCUT2D eigenvalue weighted by Crippen LogP contribution is -2.33. The van der Waals surface area contributed by atoms with E-state index in [9.17, 15) is 4.79 Å². The van der Waals surface area contributed by atoms with E-state index in [4.69, 9.17) is 21.1 Å². The summed E-state index contributed by atoms with van der Waals surface area (Å²) in [4.78, 5) is 22.0. The van der Waals surface area contributed by atoms with E-state index in [0.29, 0.717) is 22.5 Å². The van der Waals surface area contributed by atoms with Crippen molar-refractivity contribution in [2.45, 2.75) is 13.3 Å². The van der Waals surface area contributed by atoms with Gasteiger partial charge in [-0.2, -0.15) is 0 Å². The Labute approximate surface area is 202 Å². The number of thiazole rings is 1. The molecule has 2 aromatic carbocycles. The van der Waals surface area contributed by atoms with E-state index in [-0.39, 0.29) is 24.0 Å². The summed E-state index contributed by atoms with van der Waals surface area (Å²) in [6.45, 7) is 3.35. The molecule has 0 unspecified atom stereocenters. The van der Waals surface area contributed by atoms with Crippen LogP contribution < -0.4 is 4.90 Å². The zero-order valence-electron chi connectivity index (χ0n) is 18.0. The highest BCUT2D eigenvalue weighted by Crippen LogP contribution is 2.36. The number of carbonyl (C=O) groups is 1. The Kier molecular flexibility index (Phi) is 7.90. The van der Waals surface area contributed by atoms with Crippen LogP contribution in [0.5, 0.6) is 0 Å². The fourth-order valence-electron chi connectivity index (χ4n) is 3.29. The molecule has 0 spiro atoms. The van der Waals surface area contributed by atoms with E-state index < -0.39 is 0 Å². The molecule has 168 valence electrons. The summed E-state index contributed by atoms with van der Waals surface area (Å²) in [6, 6.07) is 15.1. The Bertz CT molecular complexity index is 1170. The van der Waals surface area contributed by atoms with Gasteiger partial charge in [-0.1, -0.05) is 64.5 Å². The molecule has 9 heteroatoms. The Morgan fingerprint density at radius 1 is 1.12 bits per heavy atom. The number of anilines is 1. The van der Waals surface area contributed by atoms with Crippen molar-refractivity contribution in [2.24, 2.45) is 0 Å². The van der Waals surface area contributed by atoms with Gasteiger partial charge in [0, 0.05) is 18.2 Å². The van der Waals surface area contributed by atoms with E-state index in [1.165, 1.54) is 11.3 Å². The van der Waals surface area contributed by atoms with Crippen molar-refractivity contribution in [3.8, 4) is 11.3 Å². The minimum absolute atomic E-state index is 0. The predicted octanol–water partition coefficient (Wildman–Crippen LogP) is 5.93. The number of nitrogens with zero attached hydrogens (tertiary/aromatic N) is 4. The monoisotopic (exact) mass is 490 g/mol. The minimum atomic E-state index is -0.238. The maximum absolute atomic E-state index is 13.4. The summed E-state index contributed by atoms with van der Waals surface area (Å²) >= 11 is 7.81. The number of aromatic nitrogens is 2. The van der Waals surface area contributed by atoms with E-state index in [2.05, 4.69) is 10.1 Å². The molecule has 4 aromatic rings. The second kappa shape index (κ2) is 10.4. The molecule has 2 heterocycles. The second-order valence-corrected chi connectivity index (χ2v) is 8.98. The molecule has 2 aromatic heterocycles. The molecule has 0 saturated carbocycles. The van der Waals surface area contributed by atoms with Gasteiger partial charge in [-0.05, 0) is 45.6 Å². The van der Waals surface area contributed by atoms with Crippen LogP contribution in [-0.2, 0) is 0 Å². The third-order valence-corrected chi connectivity index (χ3v) is 6.48. The molecule has 32 heavy (non-hydrogen) atoms. The largest absolute Gasteiger partial charge is 0.355 e. The smallest absolute Gasteiger partial charge is 0.282 e. The van der Waals surface area contributed by atoms with Gasteiger partial charge in [-0.3, -0.25) is 9.69 Å². The normalized spacial score (nSPS) is 11.0. The van der Waals surface area contributed by atoms with Gasteiger partial charge in [0.25, 0.3) is 5.91 Å². The van der Waals surface area contributed by atoms with Crippen LogP contribution in [0.15, 0.2) is 53.1 Å². The van der Waals surface area contributed by atoms with Crippen molar-refractivity contribution < 1.29 is 9.32 Å². The molecular weight excluding hydrogens is 467 g/mol. The van der Waals surface area contributed by atoms with Gasteiger partial charge in [-0.15, -0.1) is 12.4 Å². The summed E-state index contributed by atoms with van der Waals surface area (Å²) in [5.74, 6) is 0.317. The lowest BCUT2D eigenvalue weighted by atomic mass is 10.1. The average molecular weight is 491 g/mol. The number of carbonyl (C=O) groups excluding carboxylic acids is 1. The van der Waals surface area contributed by atoms with Crippen molar-refractivity contribution in [3.63, 3.8) is 0 Å². The van der Waals surface area contributed by atoms with Gasteiger partial charge >= 0.3 is 0 Å².